The lowest BCUT2D eigenvalue weighted by molar-refractivity contribution is -0.122. The molecule has 118 valence electrons. The zero-order chi connectivity index (χ0) is 15.1. The summed E-state index contributed by atoms with van der Waals surface area (Å²) in [5, 5.41) is 2.85. The SMILES string of the molecule is CCCc1ccc(CN2CCN(CC(=O)NCC)CC2)o1. The summed E-state index contributed by atoms with van der Waals surface area (Å²) in [6.45, 7) is 10.1. The van der Waals surface area contributed by atoms with Crippen LogP contribution in [-0.4, -0.2) is 55.0 Å². The van der Waals surface area contributed by atoms with Crippen molar-refractivity contribution >= 4 is 5.91 Å². The van der Waals surface area contributed by atoms with Gasteiger partial charge in [0.15, 0.2) is 0 Å². The van der Waals surface area contributed by atoms with Gasteiger partial charge in [-0.25, -0.2) is 0 Å². The van der Waals surface area contributed by atoms with Crippen LogP contribution >= 0.6 is 0 Å². The zero-order valence-electron chi connectivity index (χ0n) is 13.2. The predicted molar refractivity (Wildman–Crippen MR) is 83.1 cm³/mol. The van der Waals surface area contributed by atoms with Gasteiger partial charge in [-0.15, -0.1) is 0 Å². The first-order valence-corrected chi connectivity index (χ1v) is 8.00. The Morgan fingerprint density at radius 3 is 2.48 bits per heavy atom. The molecule has 2 heterocycles. The third-order valence-corrected chi connectivity index (χ3v) is 3.80. The number of piperazine rings is 1. The van der Waals surface area contributed by atoms with Crippen molar-refractivity contribution in [2.24, 2.45) is 0 Å². The lowest BCUT2D eigenvalue weighted by atomic mass is 10.2. The molecule has 0 bridgehead atoms. The molecule has 2 rings (SSSR count). The van der Waals surface area contributed by atoms with Gasteiger partial charge in [0.25, 0.3) is 0 Å². The van der Waals surface area contributed by atoms with Crippen molar-refractivity contribution in [2.45, 2.75) is 33.2 Å². The van der Waals surface area contributed by atoms with E-state index in [4.69, 9.17) is 4.42 Å². The lowest BCUT2D eigenvalue weighted by Crippen LogP contribution is -2.49. The zero-order valence-corrected chi connectivity index (χ0v) is 13.2. The summed E-state index contributed by atoms with van der Waals surface area (Å²) in [7, 11) is 0. The van der Waals surface area contributed by atoms with Crippen LogP contribution in [0.1, 0.15) is 31.8 Å². The van der Waals surface area contributed by atoms with Crippen molar-refractivity contribution in [3.05, 3.63) is 23.7 Å². The van der Waals surface area contributed by atoms with E-state index in [2.05, 4.69) is 34.2 Å². The minimum absolute atomic E-state index is 0.126. The summed E-state index contributed by atoms with van der Waals surface area (Å²) in [4.78, 5) is 16.2. The van der Waals surface area contributed by atoms with Crippen molar-refractivity contribution < 1.29 is 9.21 Å². The average molecular weight is 293 g/mol. The smallest absolute Gasteiger partial charge is 0.234 e. The molecule has 21 heavy (non-hydrogen) atoms. The molecule has 0 saturated carbocycles. The van der Waals surface area contributed by atoms with Gasteiger partial charge in [0, 0.05) is 39.1 Å². The highest BCUT2D eigenvalue weighted by atomic mass is 16.3. The number of rotatable bonds is 7. The Labute approximate surface area is 127 Å². The molecule has 0 aliphatic carbocycles. The van der Waals surface area contributed by atoms with Crippen molar-refractivity contribution in [1.29, 1.82) is 0 Å². The Kier molecular flexibility index (Phi) is 6.26. The Morgan fingerprint density at radius 1 is 1.14 bits per heavy atom. The number of furan rings is 1. The standard InChI is InChI=1S/C16H27N3O2/c1-3-5-14-6-7-15(21-14)12-18-8-10-19(11-9-18)13-16(20)17-4-2/h6-7H,3-5,8-13H2,1-2H3,(H,17,20). The highest BCUT2D eigenvalue weighted by molar-refractivity contribution is 5.77. The molecular weight excluding hydrogens is 266 g/mol. The molecule has 1 amide bonds. The third kappa shape index (κ3) is 5.17. The van der Waals surface area contributed by atoms with Crippen molar-refractivity contribution in [3.8, 4) is 0 Å². The summed E-state index contributed by atoms with van der Waals surface area (Å²) in [5.74, 6) is 2.26. The third-order valence-electron chi connectivity index (χ3n) is 3.80. The van der Waals surface area contributed by atoms with Crippen molar-refractivity contribution in [3.63, 3.8) is 0 Å². The van der Waals surface area contributed by atoms with Crippen LogP contribution in [0.5, 0.6) is 0 Å². The van der Waals surface area contributed by atoms with E-state index < -0.39 is 0 Å². The second kappa shape index (κ2) is 8.20. The number of carbonyl (C=O) groups excluding carboxylic acids is 1. The van der Waals surface area contributed by atoms with E-state index in [1.165, 1.54) is 0 Å². The Balaban J connectivity index is 1.72. The van der Waals surface area contributed by atoms with Gasteiger partial charge in [0.05, 0.1) is 13.1 Å². The number of nitrogens with one attached hydrogen (secondary N) is 1. The number of hydrogen-bond donors (Lipinski definition) is 1. The molecule has 0 unspecified atom stereocenters. The Bertz CT molecular complexity index is 436. The first-order valence-electron chi connectivity index (χ1n) is 8.00. The minimum Gasteiger partial charge on any atom is -0.465 e. The van der Waals surface area contributed by atoms with Gasteiger partial charge in [0.1, 0.15) is 11.5 Å². The number of carbonyl (C=O) groups is 1. The van der Waals surface area contributed by atoms with Crippen LogP contribution in [0.25, 0.3) is 0 Å². The molecule has 5 heteroatoms. The average Bonchev–Trinajstić information content (AvgIpc) is 2.89. The van der Waals surface area contributed by atoms with Gasteiger partial charge in [0.2, 0.25) is 5.91 Å². The fraction of sp³-hybridized carbons (Fsp3) is 0.688. The van der Waals surface area contributed by atoms with Crippen LogP contribution < -0.4 is 5.32 Å². The number of nitrogens with zero attached hydrogens (tertiary/aromatic N) is 2. The number of likely N-dealkylation sites (N-methyl/N-ethyl adjacent to an activating group) is 1. The van der Waals surface area contributed by atoms with E-state index in [-0.39, 0.29) is 5.91 Å². The molecule has 0 radical (unpaired) electrons. The summed E-state index contributed by atoms with van der Waals surface area (Å²) in [5.41, 5.74) is 0. The van der Waals surface area contributed by atoms with Crippen molar-refractivity contribution in [2.75, 3.05) is 39.3 Å². The highest BCUT2D eigenvalue weighted by Crippen LogP contribution is 2.13. The van der Waals surface area contributed by atoms with Gasteiger partial charge in [-0.05, 0) is 25.5 Å². The quantitative estimate of drug-likeness (QED) is 0.827. The molecule has 1 aromatic heterocycles. The van der Waals surface area contributed by atoms with Gasteiger partial charge < -0.3 is 9.73 Å². The predicted octanol–water partition coefficient (Wildman–Crippen LogP) is 1.49. The van der Waals surface area contributed by atoms with Crippen LogP contribution in [0.2, 0.25) is 0 Å². The maximum atomic E-state index is 11.6. The molecule has 1 aliphatic heterocycles. The van der Waals surface area contributed by atoms with E-state index in [0.29, 0.717) is 13.1 Å². The molecular formula is C16H27N3O2. The maximum Gasteiger partial charge on any atom is 0.234 e. The molecule has 1 aliphatic rings. The van der Waals surface area contributed by atoms with Crippen LogP contribution in [0.3, 0.4) is 0 Å². The van der Waals surface area contributed by atoms with Crippen LogP contribution in [0.4, 0.5) is 0 Å². The number of hydrogen-bond acceptors (Lipinski definition) is 4. The molecule has 1 saturated heterocycles. The van der Waals surface area contributed by atoms with Crippen molar-refractivity contribution in [1.82, 2.24) is 15.1 Å². The molecule has 0 spiro atoms. The highest BCUT2D eigenvalue weighted by Gasteiger charge is 2.19. The van der Waals surface area contributed by atoms with Gasteiger partial charge >= 0.3 is 0 Å². The Morgan fingerprint density at radius 2 is 1.81 bits per heavy atom. The second-order valence-electron chi connectivity index (χ2n) is 5.62. The number of aryl methyl sites for hydroxylation is 1. The molecule has 1 N–H and O–H groups in total. The molecule has 1 fully saturated rings. The van der Waals surface area contributed by atoms with Gasteiger partial charge in [-0.3, -0.25) is 14.6 Å². The summed E-state index contributed by atoms with van der Waals surface area (Å²) in [6.07, 6.45) is 2.13. The summed E-state index contributed by atoms with van der Waals surface area (Å²) in [6, 6.07) is 4.18. The normalized spacial score (nSPS) is 17.0. The first kappa shape index (κ1) is 16.0. The summed E-state index contributed by atoms with van der Waals surface area (Å²) >= 11 is 0. The monoisotopic (exact) mass is 293 g/mol. The van der Waals surface area contributed by atoms with Gasteiger partial charge in [-0.1, -0.05) is 6.92 Å². The molecule has 1 aromatic rings. The molecule has 0 aromatic carbocycles. The topological polar surface area (TPSA) is 48.7 Å². The fourth-order valence-electron chi connectivity index (χ4n) is 2.67. The molecule has 5 nitrogen and oxygen atoms in total. The van der Waals surface area contributed by atoms with Crippen LogP contribution in [-0.2, 0) is 17.8 Å². The van der Waals surface area contributed by atoms with E-state index >= 15 is 0 Å². The first-order chi connectivity index (χ1) is 10.2. The lowest BCUT2D eigenvalue weighted by Gasteiger charge is -2.33. The van der Waals surface area contributed by atoms with Crippen LogP contribution in [0, 0.1) is 0 Å². The van der Waals surface area contributed by atoms with E-state index in [1.807, 2.05) is 6.92 Å². The van der Waals surface area contributed by atoms with Crippen LogP contribution in [0.15, 0.2) is 16.5 Å². The number of amides is 1. The summed E-state index contributed by atoms with van der Waals surface area (Å²) < 4.78 is 5.83. The van der Waals surface area contributed by atoms with E-state index in [9.17, 15) is 4.79 Å². The largest absolute Gasteiger partial charge is 0.465 e. The second-order valence-corrected chi connectivity index (χ2v) is 5.62. The maximum absolute atomic E-state index is 11.6. The fourth-order valence-corrected chi connectivity index (χ4v) is 2.67. The van der Waals surface area contributed by atoms with Gasteiger partial charge in [-0.2, -0.15) is 0 Å². The van der Waals surface area contributed by atoms with E-state index in [1.54, 1.807) is 0 Å². The minimum atomic E-state index is 0.126. The molecule has 0 atom stereocenters. The Hall–Kier alpha value is -1.33. The van der Waals surface area contributed by atoms with E-state index in [0.717, 1.165) is 57.1 Å².